The van der Waals surface area contributed by atoms with Gasteiger partial charge in [0.2, 0.25) is 0 Å². The summed E-state index contributed by atoms with van der Waals surface area (Å²) in [6.07, 6.45) is -40.6. The maximum atomic E-state index is 14.9. The van der Waals surface area contributed by atoms with Crippen molar-refractivity contribution in [1.29, 1.82) is 5.26 Å². The first-order valence-corrected chi connectivity index (χ1v) is 27.4. The van der Waals surface area contributed by atoms with E-state index in [0.717, 1.165) is 48.5 Å². The molecule has 0 aliphatic carbocycles. The molecule has 0 fully saturated rings. The van der Waals surface area contributed by atoms with Crippen LogP contribution in [0.25, 0.3) is 111 Å². The molecule has 0 aliphatic heterocycles. The van der Waals surface area contributed by atoms with Crippen LogP contribution < -0.4 is 0 Å². The van der Waals surface area contributed by atoms with Crippen molar-refractivity contribution in [3.63, 3.8) is 0 Å². The van der Waals surface area contributed by atoms with Crippen molar-refractivity contribution in [2.75, 3.05) is 0 Å². The number of pyridine rings is 1. The largest absolute Gasteiger partial charge is 0.417 e. The average Bonchev–Trinajstić information content (AvgIpc) is 1.54. The summed E-state index contributed by atoms with van der Waals surface area (Å²) in [6, 6.07) is 23.4. The molecule has 0 N–H and O–H groups in total. The molecular formula is C68H30F24N4. The zero-order valence-electron chi connectivity index (χ0n) is 47.2. The zero-order valence-corrected chi connectivity index (χ0v) is 47.2. The standard InChI is InChI=1S/C68H30F24N4/c69-61(70,71)38-9-13-42(50(25-38)65(81,82)83)34-5-17-54-46(21-34)47-22-35(43-14-10-39(62(72,73)74)26-51(43)66(84,85)86)6-18-55(47)95(54)58-30-94-31-59(60(58)33-3-1-32(29-93)2-4-33)96-56-19-7-36(44-15-11-40(63(75,76)77)27-52(44)67(87,88)89)23-48(56)49-24-37(8-20-57(49)96)45-16-12-41(64(78,79)80)28-53(45)68(90,91)92/h1-28,30-31H. The van der Waals surface area contributed by atoms with Crippen molar-refractivity contribution < 1.29 is 105 Å². The second kappa shape index (κ2) is 22.3. The molecule has 0 bridgehead atoms. The number of aromatic nitrogens is 3. The number of nitriles is 1. The van der Waals surface area contributed by atoms with Crippen molar-refractivity contribution in [2.24, 2.45) is 0 Å². The topological polar surface area (TPSA) is 46.5 Å². The molecule has 4 nitrogen and oxygen atoms in total. The molecule has 0 atom stereocenters. The first-order valence-electron chi connectivity index (χ1n) is 27.4. The summed E-state index contributed by atoms with van der Waals surface area (Å²) in [5, 5.41) is 9.24. The van der Waals surface area contributed by atoms with E-state index >= 15 is 0 Å². The Labute approximate surface area is 521 Å². The number of hydrogen-bond acceptors (Lipinski definition) is 2. The van der Waals surface area contributed by atoms with E-state index in [1.165, 1.54) is 70.1 Å². The molecule has 0 saturated heterocycles. The summed E-state index contributed by atoms with van der Waals surface area (Å²) in [7, 11) is 0. The molecular weight excluding hydrogens is 1330 g/mol. The Hall–Kier alpha value is -10.5. The molecule has 12 rings (SSSR count). The molecule has 3 heterocycles. The monoisotopic (exact) mass is 1360 g/mol. The number of hydrogen-bond donors (Lipinski definition) is 0. The van der Waals surface area contributed by atoms with Crippen LogP contribution >= 0.6 is 0 Å². The second-order valence-electron chi connectivity index (χ2n) is 21.9. The van der Waals surface area contributed by atoms with Crippen LogP contribution in [0.1, 0.15) is 50.1 Å². The molecule has 12 aromatic rings. The highest BCUT2D eigenvalue weighted by molar-refractivity contribution is 6.14. The lowest BCUT2D eigenvalue weighted by atomic mass is 9.94. The smallest absolute Gasteiger partial charge is 0.307 e. The quantitative estimate of drug-likeness (QED) is 0.149. The van der Waals surface area contributed by atoms with Crippen LogP contribution in [0.3, 0.4) is 0 Å². The number of benzene rings is 9. The van der Waals surface area contributed by atoms with Crippen LogP contribution in [0.15, 0.2) is 182 Å². The van der Waals surface area contributed by atoms with Crippen LogP contribution in [0.5, 0.6) is 0 Å². The summed E-state index contributed by atoms with van der Waals surface area (Å²) < 4.78 is 349. The highest BCUT2D eigenvalue weighted by atomic mass is 19.4. The van der Waals surface area contributed by atoms with Crippen LogP contribution in [-0.2, 0) is 49.4 Å². The summed E-state index contributed by atoms with van der Waals surface area (Å²) in [4.78, 5) is 4.51. The van der Waals surface area contributed by atoms with Crippen LogP contribution in [-0.4, -0.2) is 14.1 Å². The predicted molar refractivity (Wildman–Crippen MR) is 305 cm³/mol. The minimum atomic E-state index is -5.47. The summed E-state index contributed by atoms with van der Waals surface area (Å²) in [5.74, 6) is 0. The van der Waals surface area contributed by atoms with Gasteiger partial charge in [-0.2, -0.15) is 111 Å². The van der Waals surface area contributed by atoms with Gasteiger partial charge in [-0.25, -0.2) is 0 Å². The minimum absolute atomic E-state index is 0.0122. The first-order chi connectivity index (χ1) is 44.6. The number of halogens is 24. The van der Waals surface area contributed by atoms with Crippen molar-refractivity contribution in [2.45, 2.75) is 49.4 Å². The normalized spacial score (nSPS) is 13.2. The van der Waals surface area contributed by atoms with Gasteiger partial charge in [-0.15, -0.1) is 0 Å². The van der Waals surface area contributed by atoms with E-state index in [-0.39, 0.29) is 95.9 Å². The van der Waals surface area contributed by atoms with E-state index in [0.29, 0.717) is 48.5 Å². The Morgan fingerprint density at radius 3 is 0.729 bits per heavy atom. The summed E-state index contributed by atoms with van der Waals surface area (Å²) in [5.41, 5.74) is -19.4. The third-order valence-corrected chi connectivity index (χ3v) is 16.1. The fourth-order valence-electron chi connectivity index (χ4n) is 11.8. The fourth-order valence-corrected chi connectivity index (χ4v) is 11.8. The highest BCUT2D eigenvalue weighted by Crippen LogP contribution is 2.51. The average molecular weight is 1360 g/mol. The Kier molecular flexibility index (Phi) is 15.3. The third kappa shape index (κ3) is 11.8. The van der Waals surface area contributed by atoms with Gasteiger partial charge in [0, 0.05) is 27.1 Å². The van der Waals surface area contributed by atoms with Crippen LogP contribution in [0.2, 0.25) is 0 Å². The highest BCUT2D eigenvalue weighted by Gasteiger charge is 2.43. The Bertz CT molecular complexity index is 4620. The SMILES string of the molecule is N#Cc1ccc(-c2c(-n3c4ccc(-c5ccc(C(F)(F)F)cc5C(F)(F)F)cc4c4cc(-c5ccc(C(F)(F)F)cc5C(F)(F)F)ccc43)cncc2-n2c3ccc(-c4ccc(C(F)(F)F)cc4C(F)(F)F)cc3c3cc(-c4ccc(C(F)(F)F)cc4C(F)(F)F)ccc32)cc1. The molecule has 0 unspecified atom stereocenters. The Balaban J connectivity index is 1.19. The molecule has 28 heteroatoms. The maximum absolute atomic E-state index is 14.9. The van der Waals surface area contributed by atoms with Crippen molar-refractivity contribution in [3.05, 3.63) is 232 Å². The lowest BCUT2D eigenvalue weighted by molar-refractivity contribution is -0.144. The maximum Gasteiger partial charge on any atom is 0.417 e. The van der Waals surface area contributed by atoms with Crippen molar-refractivity contribution >= 4 is 43.6 Å². The van der Waals surface area contributed by atoms with E-state index in [1.54, 1.807) is 0 Å². The van der Waals surface area contributed by atoms with E-state index in [1.807, 2.05) is 6.07 Å². The minimum Gasteiger partial charge on any atom is -0.307 e. The van der Waals surface area contributed by atoms with Crippen molar-refractivity contribution in [1.82, 2.24) is 14.1 Å². The number of alkyl halides is 24. The van der Waals surface area contributed by atoms with Gasteiger partial charge in [0.25, 0.3) is 0 Å². The molecule has 0 aliphatic rings. The lowest BCUT2D eigenvalue weighted by Gasteiger charge is -2.20. The van der Waals surface area contributed by atoms with Crippen LogP contribution in [0.4, 0.5) is 105 Å². The van der Waals surface area contributed by atoms with E-state index in [2.05, 4.69) is 4.98 Å². The van der Waals surface area contributed by atoms with Gasteiger partial charge in [0.15, 0.2) is 0 Å². The predicted octanol–water partition coefficient (Wildman–Crippen LogP) is 23.6. The van der Waals surface area contributed by atoms with E-state index in [4.69, 9.17) is 0 Å². The van der Waals surface area contributed by atoms with Gasteiger partial charge in [0.1, 0.15) is 0 Å². The number of rotatable bonds is 7. The molecule has 490 valence electrons. The summed E-state index contributed by atoms with van der Waals surface area (Å²) in [6.45, 7) is 0. The zero-order chi connectivity index (χ0) is 69.5. The van der Waals surface area contributed by atoms with Gasteiger partial charge in [-0.05, 0) is 159 Å². The Morgan fingerprint density at radius 2 is 0.510 bits per heavy atom. The molecule has 9 aromatic carbocycles. The lowest BCUT2D eigenvalue weighted by Crippen LogP contribution is -2.12. The third-order valence-electron chi connectivity index (χ3n) is 16.1. The molecule has 96 heavy (non-hydrogen) atoms. The van der Waals surface area contributed by atoms with Crippen LogP contribution in [0, 0.1) is 11.3 Å². The Morgan fingerprint density at radius 1 is 0.271 bits per heavy atom. The molecule has 3 aromatic heterocycles. The molecule has 0 saturated carbocycles. The fraction of sp³-hybridized carbons (Fsp3) is 0.118. The molecule has 0 amide bonds. The summed E-state index contributed by atoms with van der Waals surface area (Å²) >= 11 is 0. The first kappa shape index (κ1) is 65.6. The number of nitrogens with zero attached hydrogens (tertiary/aromatic N) is 4. The second-order valence-corrected chi connectivity index (χ2v) is 21.9. The van der Waals surface area contributed by atoms with Crippen molar-refractivity contribution in [3.8, 4) is 73.1 Å². The molecule has 0 radical (unpaired) electrons. The van der Waals surface area contributed by atoms with E-state index in [9.17, 15) is 111 Å². The molecule has 0 spiro atoms. The number of fused-ring (bicyclic) bond motifs is 6. The van der Waals surface area contributed by atoms with Gasteiger partial charge < -0.3 is 9.13 Å². The van der Waals surface area contributed by atoms with Gasteiger partial charge in [-0.1, -0.05) is 60.7 Å². The van der Waals surface area contributed by atoms with Gasteiger partial charge >= 0.3 is 49.4 Å². The van der Waals surface area contributed by atoms with Gasteiger partial charge in [-0.3, -0.25) is 4.98 Å². The van der Waals surface area contributed by atoms with E-state index < -0.39 is 138 Å². The van der Waals surface area contributed by atoms with Gasteiger partial charge in [0.05, 0.1) is 102 Å².